The zero-order valence-electron chi connectivity index (χ0n) is 12.2. The second-order valence-corrected chi connectivity index (χ2v) is 6.04. The van der Waals surface area contributed by atoms with Crippen LogP contribution in [-0.4, -0.2) is 19.5 Å². The van der Waals surface area contributed by atoms with Gasteiger partial charge < -0.3 is 5.32 Å². The molecule has 7 nitrogen and oxygen atoms in total. The molecule has 0 bridgehead atoms. The van der Waals surface area contributed by atoms with Gasteiger partial charge in [0, 0.05) is 18.8 Å². The Morgan fingerprint density at radius 3 is 2.95 bits per heavy atom. The van der Waals surface area contributed by atoms with Crippen LogP contribution in [0.3, 0.4) is 0 Å². The summed E-state index contributed by atoms with van der Waals surface area (Å²) in [5.41, 5.74) is 0.567. The Hall–Kier alpha value is -2.48. The predicted octanol–water partition coefficient (Wildman–Crippen LogP) is 1.73. The lowest BCUT2D eigenvalue weighted by Crippen LogP contribution is -2.33. The Balaban J connectivity index is 1.91. The summed E-state index contributed by atoms with van der Waals surface area (Å²) in [6, 6.07) is 1.89. The van der Waals surface area contributed by atoms with E-state index in [1.54, 1.807) is 6.20 Å². The van der Waals surface area contributed by atoms with E-state index in [1.165, 1.54) is 22.2 Å². The van der Waals surface area contributed by atoms with E-state index in [4.69, 9.17) is 0 Å². The molecule has 0 aliphatic heterocycles. The van der Waals surface area contributed by atoms with Gasteiger partial charge in [0.05, 0.1) is 15.8 Å². The first-order chi connectivity index (χ1) is 10.6. The van der Waals surface area contributed by atoms with Gasteiger partial charge >= 0.3 is 5.69 Å². The molecule has 0 amide bonds. The maximum absolute atomic E-state index is 11.9. The number of hydrogen-bond donors (Lipinski definition) is 2. The smallest absolute Gasteiger partial charge is 0.328 e. The highest BCUT2D eigenvalue weighted by Gasteiger charge is 2.09. The van der Waals surface area contributed by atoms with Gasteiger partial charge in [-0.05, 0) is 25.3 Å². The van der Waals surface area contributed by atoms with Crippen LogP contribution < -0.4 is 16.6 Å². The van der Waals surface area contributed by atoms with E-state index >= 15 is 0 Å². The predicted molar refractivity (Wildman–Crippen MR) is 86.4 cm³/mol. The highest BCUT2D eigenvalue weighted by Crippen LogP contribution is 2.24. The molecule has 0 aliphatic carbocycles. The zero-order valence-corrected chi connectivity index (χ0v) is 13.0. The molecule has 0 aliphatic rings. The van der Waals surface area contributed by atoms with E-state index in [9.17, 15) is 9.59 Å². The Morgan fingerprint density at radius 1 is 1.36 bits per heavy atom. The number of fused-ring (bicyclic) bond motifs is 1. The molecule has 8 heteroatoms. The van der Waals surface area contributed by atoms with Crippen LogP contribution in [0.2, 0.25) is 0 Å². The fraction of sp³-hybridized carbons (Fsp3) is 0.286. The van der Waals surface area contributed by atoms with E-state index in [0.29, 0.717) is 11.4 Å². The van der Waals surface area contributed by atoms with Crippen molar-refractivity contribution in [1.82, 2.24) is 19.5 Å². The average Bonchev–Trinajstić information content (AvgIpc) is 2.95. The minimum absolute atomic E-state index is 0.0221. The average molecular weight is 317 g/mol. The van der Waals surface area contributed by atoms with Gasteiger partial charge in [-0.15, -0.1) is 11.3 Å². The van der Waals surface area contributed by atoms with E-state index in [0.717, 1.165) is 10.2 Å². The lowest BCUT2D eigenvalue weighted by Gasteiger charge is -2.11. The second kappa shape index (κ2) is 5.72. The molecule has 0 atom stereocenters. The van der Waals surface area contributed by atoms with Gasteiger partial charge in [-0.25, -0.2) is 14.8 Å². The maximum atomic E-state index is 11.9. The van der Waals surface area contributed by atoms with Crippen molar-refractivity contribution in [2.45, 2.75) is 26.4 Å². The molecule has 3 heterocycles. The molecule has 0 aromatic carbocycles. The summed E-state index contributed by atoms with van der Waals surface area (Å²) in [6.45, 7) is 4.05. The number of nitrogens with zero attached hydrogens (tertiary/aromatic N) is 3. The number of nitrogens with one attached hydrogen (secondary N) is 2. The van der Waals surface area contributed by atoms with Crippen LogP contribution in [0.25, 0.3) is 10.2 Å². The summed E-state index contributed by atoms with van der Waals surface area (Å²) in [4.78, 5) is 34.3. The van der Waals surface area contributed by atoms with Crippen LogP contribution in [0.15, 0.2) is 33.6 Å². The Bertz CT molecular complexity index is 925. The first kappa shape index (κ1) is 14.5. The first-order valence-electron chi connectivity index (χ1n) is 6.82. The molecule has 3 rings (SSSR count). The zero-order chi connectivity index (χ0) is 15.7. The second-order valence-electron chi connectivity index (χ2n) is 5.13. The minimum Gasteiger partial charge on any atom is -0.364 e. The van der Waals surface area contributed by atoms with Gasteiger partial charge in [0.15, 0.2) is 0 Å². The quantitative estimate of drug-likeness (QED) is 0.764. The highest BCUT2D eigenvalue weighted by molar-refractivity contribution is 7.17. The molecular weight excluding hydrogens is 302 g/mol. The SMILES string of the molecule is CC(C)n1cc(CNc2ncnc3ccsc23)c(=O)[nH]c1=O. The molecule has 0 saturated heterocycles. The molecule has 2 N–H and O–H groups in total. The highest BCUT2D eigenvalue weighted by atomic mass is 32.1. The molecule has 22 heavy (non-hydrogen) atoms. The van der Waals surface area contributed by atoms with Crippen molar-refractivity contribution in [2.75, 3.05) is 5.32 Å². The van der Waals surface area contributed by atoms with Crippen LogP contribution >= 0.6 is 11.3 Å². The number of thiophene rings is 1. The summed E-state index contributed by atoms with van der Waals surface area (Å²) in [7, 11) is 0. The fourth-order valence-electron chi connectivity index (χ4n) is 2.13. The normalized spacial score (nSPS) is 11.2. The molecule has 3 aromatic heterocycles. The van der Waals surface area contributed by atoms with Crippen molar-refractivity contribution in [3.8, 4) is 0 Å². The fourth-order valence-corrected chi connectivity index (χ4v) is 2.94. The van der Waals surface area contributed by atoms with Gasteiger partial charge in [-0.1, -0.05) is 0 Å². The number of H-pyrrole nitrogens is 1. The third-order valence-electron chi connectivity index (χ3n) is 3.29. The van der Waals surface area contributed by atoms with Crippen molar-refractivity contribution < 1.29 is 0 Å². The molecule has 0 unspecified atom stereocenters. The third-order valence-corrected chi connectivity index (χ3v) is 4.20. The van der Waals surface area contributed by atoms with Gasteiger partial charge in [0.25, 0.3) is 5.56 Å². The Kier molecular flexibility index (Phi) is 3.76. The number of aromatic nitrogens is 4. The number of rotatable bonds is 4. The summed E-state index contributed by atoms with van der Waals surface area (Å²) in [5.74, 6) is 0.682. The van der Waals surface area contributed by atoms with Gasteiger partial charge in [-0.3, -0.25) is 14.3 Å². The lowest BCUT2D eigenvalue weighted by molar-refractivity contribution is 0.556. The van der Waals surface area contributed by atoms with Crippen LogP contribution in [0.5, 0.6) is 0 Å². The van der Waals surface area contributed by atoms with Gasteiger partial charge in [-0.2, -0.15) is 0 Å². The summed E-state index contributed by atoms with van der Waals surface area (Å²) < 4.78 is 2.44. The van der Waals surface area contributed by atoms with Crippen LogP contribution in [0.1, 0.15) is 25.5 Å². The van der Waals surface area contributed by atoms with Crippen molar-refractivity contribution in [3.05, 3.63) is 50.4 Å². The van der Waals surface area contributed by atoms with Crippen molar-refractivity contribution in [3.63, 3.8) is 0 Å². The number of hydrogen-bond acceptors (Lipinski definition) is 6. The molecule has 3 aromatic rings. The first-order valence-corrected chi connectivity index (χ1v) is 7.70. The molecule has 0 radical (unpaired) electrons. The molecule has 0 spiro atoms. The largest absolute Gasteiger partial charge is 0.364 e. The van der Waals surface area contributed by atoms with E-state index in [1.807, 2.05) is 25.3 Å². The van der Waals surface area contributed by atoms with Crippen LogP contribution in [0.4, 0.5) is 5.82 Å². The lowest BCUT2D eigenvalue weighted by atomic mass is 10.3. The monoisotopic (exact) mass is 317 g/mol. The minimum atomic E-state index is -0.397. The maximum Gasteiger partial charge on any atom is 0.328 e. The summed E-state index contributed by atoms with van der Waals surface area (Å²) in [5, 5.41) is 5.08. The third kappa shape index (κ3) is 2.64. The number of anilines is 1. The van der Waals surface area contributed by atoms with Gasteiger partial charge in [0.1, 0.15) is 12.1 Å². The molecule has 0 saturated carbocycles. The van der Waals surface area contributed by atoms with E-state index in [2.05, 4.69) is 20.3 Å². The van der Waals surface area contributed by atoms with Crippen LogP contribution in [0, 0.1) is 0 Å². The van der Waals surface area contributed by atoms with Crippen molar-refractivity contribution >= 4 is 27.4 Å². The summed E-state index contributed by atoms with van der Waals surface area (Å²) >= 11 is 1.54. The summed E-state index contributed by atoms with van der Waals surface area (Å²) in [6.07, 6.45) is 3.07. The van der Waals surface area contributed by atoms with E-state index in [-0.39, 0.29) is 18.1 Å². The number of aromatic amines is 1. The topological polar surface area (TPSA) is 92.7 Å². The van der Waals surface area contributed by atoms with Crippen molar-refractivity contribution in [1.29, 1.82) is 0 Å². The molecule has 114 valence electrons. The van der Waals surface area contributed by atoms with Crippen LogP contribution in [-0.2, 0) is 6.54 Å². The standard InChI is InChI=1S/C14H15N5O2S/c1-8(2)19-6-9(13(20)18-14(19)21)5-15-12-11-10(3-4-22-11)16-7-17-12/h3-4,6-8H,5H2,1-2H3,(H,15,16,17)(H,18,20,21). The van der Waals surface area contributed by atoms with Gasteiger partial charge in [0.2, 0.25) is 0 Å². The molecule has 0 fully saturated rings. The Morgan fingerprint density at radius 2 is 2.18 bits per heavy atom. The molecular formula is C14H15N5O2S. The Labute approximate surface area is 129 Å². The van der Waals surface area contributed by atoms with Crippen molar-refractivity contribution in [2.24, 2.45) is 0 Å². The van der Waals surface area contributed by atoms with E-state index < -0.39 is 5.69 Å².